The van der Waals surface area contributed by atoms with E-state index in [1.165, 1.54) is 6.92 Å². The number of hydrogen-bond donors (Lipinski definition) is 1. The number of nitrogens with one attached hydrogen (secondary N) is 1. The molecule has 128 valence electrons. The molecule has 0 saturated carbocycles. The van der Waals surface area contributed by atoms with Gasteiger partial charge in [-0.3, -0.25) is 9.59 Å². The highest BCUT2D eigenvalue weighted by Gasteiger charge is 2.18. The van der Waals surface area contributed by atoms with Gasteiger partial charge in [0.15, 0.2) is 0 Å². The summed E-state index contributed by atoms with van der Waals surface area (Å²) in [6, 6.07) is 7.28. The molecule has 1 atom stereocenters. The highest BCUT2D eigenvalue weighted by atomic mass is 16.5. The van der Waals surface area contributed by atoms with Gasteiger partial charge in [-0.15, -0.1) is 0 Å². The van der Waals surface area contributed by atoms with Crippen LogP contribution in [0.5, 0.6) is 11.5 Å². The zero-order valence-corrected chi connectivity index (χ0v) is 14.3. The second kappa shape index (κ2) is 9.71. The molecule has 0 aromatic heterocycles. The van der Waals surface area contributed by atoms with Crippen molar-refractivity contribution in [2.45, 2.75) is 33.2 Å². The molecule has 23 heavy (non-hydrogen) atoms. The molecule has 6 nitrogen and oxygen atoms in total. The van der Waals surface area contributed by atoms with Crippen LogP contribution < -0.4 is 14.8 Å². The van der Waals surface area contributed by atoms with E-state index in [0.29, 0.717) is 18.9 Å². The lowest BCUT2D eigenvalue weighted by molar-refractivity contribution is -0.136. The van der Waals surface area contributed by atoms with Crippen LogP contribution in [0.4, 0.5) is 0 Å². The number of carbonyl (C=O) groups is 2. The van der Waals surface area contributed by atoms with Gasteiger partial charge in [0.1, 0.15) is 18.1 Å². The zero-order valence-electron chi connectivity index (χ0n) is 14.3. The minimum atomic E-state index is -0.182. The quantitative estimate of drug-likeness (QED) is 0.704. The van der Waals surface area contributed by atoms with E-state index >= 15 is 0 Å². The van der Waals surface area contributed by atoms with Crippen molar-refractivity contribution in [1.29, 1.82) is 0 Å². The van der Waals surface area contributed by atoms with Gasteiger partial charge in [-0.25, -0.2) is 0 Å². The van der Waals surface area contributed by atoms with Crippen LogP contribution in [0, 0.1) is 0 Å². The molecular formula is C17H26N2O4. The summed E-state index contributed by atoms with van der Waals surface area (Å²) in [5.41, 5.74) is 0. The van der Waals surface area contributed by atoms with Crippen molar-refractivity contribution in [3.05, 3.63) is 24.3 Å². The second-order valence-corrected chi connectivity index (χ2v) is 5.28. The predicted octanol–water partition coefficient (Wildman–Crippen LogP) is 1.84. The smallest absolute Gasteiger partial charge is 0.239 e. The average molecular weight is 322 g/mol. The first-order valence-corrected chi connectivity index (χ1v) is 7.78. The number of benzene rings is 1. The van der Waals surface area contributed by atoms with Crippen LogP contribution >= 0.6 is 0 Å². The summed E-state index contributed by atoms with van der Waals surface area (Å²) in [4.78, 5) is 25.0. The molecule has 0 spiro atoms. The van der Waals surface area contributed by atoms with E-state index in [4.69, 9.17) is 9.47 Å². The number of hydrogen-bond acceptors (Lipinski definition) is 4. The maximum Gasteiger partial charge on any atom is 0.239 e. The van der Waals surface area contributed by atoms with E-state index in [1.54, 1.807) is 24.1 Å². The molecule has 1 aromatic carbocycles. The molecule has 1 rings (SSSR count). The maximum absolute atomic E-state index is 11.9. The summed E-state index contributed by atoms with van der Waals surface area (Å²) in [5, 5.41) is 2.76. The Morgan fingerprint density at radius 1 is 1.22 bits per heavy atom. The molecular weight excluding hydrogens is 296 g/mol. The lowest BCUT2D eigenvalue weighted by atomic mass is 10.2. The van der Waals surface area contributed by atoms with E-state index in [1.807, 2.05) is 26.0 Å². The van der Waals surface area contributed by atoms with Crippen LogP contribution in [0.2, 0.25) is 0 Å². The van der Waals surface area contributed by atoms with Crippen LogP contribution in [-0.4, -0.2) is 49.6 Å². The van der Waals surface area contributed by atoms with E-state index in [9.17, 15) is 9.59 Å². The van der Waals surface area contributed by atoms with Crippen molar-refractivity contribution >= 4 is 11.8 Å². The minimum Gasteiger partial charge on any atom is -0.497 e. The normalized spacial score (nSPS) is 11.5. The Balaban J connectivity index is 2.31. The molecule has 0 aliphatic carbocycles. The molecule has 0 aliphatic rings. The van der Waals surface area contributed by atoms with Gasteiger partial charge in [0, 0.05) is 13.0 Å². The van der Waals surface area contributed by atoms with Gasteiger partial charge in [-0.05, 0) is 37.6 Å². The van der Waals surface area contributed by atoms with Crippen molar-refractivity contribution < 1.29 is 19.1 Å². The molecule has 0 saturated heterocycles. The number of methoxy groups -OCH3 is 1. The first-order chi connectivity index (χ1) is 11.0. The van der Waals surface area contributed by atoms with Gasteiger partial charge in [0.05, 0.1) is 20.2 Å². The highest BCUT2D eigenvalue weighted by molar-refractivity contribution is 5.83. The summed E-state index contributed by atoms with van der Waals surface area (Å²) < 4.78 is 10.6. The lowest BCUT2D eigenvalue weighted by Crippen LogP contribution is -2.44. The fraction of sp³-hybridized carbons (Fsp3) is 0.529. The molecule has 0 aliphatic heterocycles. The molecule has 0 fully saturated rings. The van der Waals surface area contributed by atoms with E-state index in [-0.39, 0.29) is 24.4 Å². The Hall–Kier alpha value is -2.24. The van der Waals surface area contributed by atoms with Crippen LogP contribution in [0.3, 0.4) is 0 Å². The van der Waals surface area contributed by atoms with Crippen molar-refractivity contribution in [2.24, 2.45) is 0 Å². The third-order valence-electron chi connectivity index (χ3n) is 3.59. The maximum atomic E-state index is 11.9. The lowest BCUT2D eigenvalue weighted by Gasteiger charge is -2.26. The molecule has 0 bridgehead atoms. The van der Waals surface area contributed by atoms with Crippen LogP contribution in [-0.2, 0) is 9.59 Å². The minimum absolute atomic E-state index is 0.0498. The second-order valence-electron chi connectivity index (χ2n) is 5.28. The van der Waals surface area contributed by atoms with Crippen LogP contribution in [0.15, 0.2) is 24.3 Å². The Labute approximate surface area is 137 Å². The van der Waals surface area contributed by atoms with Gasteiger partial charge in [-0.1, -0.05) is 6.92 Å². The summed E-state index contributed by atoms with van der Waals surface area (Å²) >= 11 is 0. The number of nitrogens with zero attached hydrogens (tertiary/aromatic N) is 1. The van der Waals surface area contributed by atoms with Gasteiger partial charge in [0.2, 0.25) is 11.8 Å². The van der Waals surface area contributed by atoms with Gasteiger partial charge in [0.25, 0.3) is 0 Å². The molecule has 1 aromatic rings. The first kappa shape index (κ1) is 18.8. The fourth-order valence-corrected chi connectivity index (χ4v) is 2.04. The molecule has 0 radical (unpaired) electrons. The van der Waals surface area contributed by atoms with Crippen LogP contribution in [0.1, 0.15) is 27.2 Å². The Morgan fingerprint density at radius 2 is 1.83 bits per heavy atom. The molecule has 0 heterocycles. The summed E-state index contributed by atoms with van der Waals surface area (Å²) in [5.74, 6) is 1.20. The van der Waals surface area contributed by atoms with Crippen molar-refractivity contribution in [1.82, 2.24) is 10.2 Å². The molecule has 2 amide bonds. The molecule has 1 unspecified atom stereocenters. The number of ether oxygens (including phenoxy) is 2. The van der Waals surface area contributed by atoms with Gasteiger partial charge < -0.3 is 19.7 Å². The standard InChI is InChI=1S/C17H26N2O4/c1-5-13(2)19(14(3)20)12-17(21)18-10-11-23-16-8-6-15(22-4)7-9-16/h6-9,13H,5,10-12H2,1-4H3,(H,18,21). The summed E-state index contributed by atoms with van der Waals surface area (Å²) in [7, 11) is 1.61. The monoisotopic (exact) mass is 322 g/mol. The summed E-state index contributed by atoms with van der Waals surface area (Å²) in [6.45, 7) is 6.22. The largest absolute Gasteiger partial charge is 0.497 e. The Morgan fingerprint density at radius 3 is 2.35 bits per heavy atom. The van der Waals surface area contributed by atoms with Crippen LogP contribution in [0.25, 0.3) is 0 Å². The van der Waals surface area contributed by atoms with Crippen molar-refractivity contribution in [2.75, 3.05) is 26.8 Å². The van der Waals surface area contributed by atoms with E-state index in [0.717, 1.165) is 12.2 Å². The summed E-state index contributed by atoms with van der Waals surface area (Å²) in [6.07, 6.45) is 0.813. The molecule has 6 heteroatoms. The highest BCUT2D eigenvalue weighted by Crippen LogP contribution is 2.16. The van der Waals surface area contributed by atoms with Gasteiger partial charge in [-0.2, -0.15) is 0 Å². The average Bonchev–Trinajstić information content (AvgIpc) is 2.56. The number of amides is 2. The van der Waals surface area contributed by atoms with Crippen molar-refractivity contribution in [3.8, 4) is 11.5 Å². The number of rotatable bonds is 9. The fourth-order valence-electron chi connectivity index (χ4n) is 2.04. The molecule has 1 N–H and O–H groups in total. The zero-order chi connectivity index (χ0) is 17.2. The SMILES string of the molecule is CCC(C)N(CC(=O)NCCOc1ccc(OC)cc1)C(C)=O. The van der Waals surface area contributed by atoms with E-state index < -0.39 is 0 Å². The Bertz CT molecular complexity index is 502. The number of carbonyl (C=O) groups excluding carboxylic acids is 2. The third kappa shape index (κ3) is 6.59. The van der Waals surface area contributed by atoms with Gasteiger partial charge >= 0.3 is 0 Å². The van der Waals surface area contributed by atoms with E-state index in [2.05, 4.69) is 5.32 Å². The first-order valence-electron chi connectivity index (χ1n) is 7.78. The third-order valence-corrected chi connectivity index (χ3v) is 3.59. The van der Waals surface area contributed by atoms with Crippen molar-refractivity contribution in [3.63, 3.8) is 0 Å². The Kier molecular flexibility index (Phi) is 7.94. The topological polar surface area (TPSA) is 67.9 Å². The predicted molar refractivity (Wildman–Crippen MR) is 88.6 cm³/mol.